The normalized spacial score (nSPS) is 17.0. The Morgan fingerprint density at radius 3 is 2.50 bits per heavy atom. The topological polar surface area (TPSA) is 49.4 Å². The Bertz CT molecular complexity index is 499. The number of hydrogen-bond donors (Lipinski definition) is 1. The summed E-state index contributed by atoms with van der Waals surface area (Å²) in [6, 6.07) is 7.36. The summed E-state index contributed by atoms with van der Waals surface area (Å²) >= 11 is 5.90. The number of rotatable bonds is 3. The number of nitrogens with zero attached hydrogens (tertiary/aromatic N) is 1. The maximum Gasteiger partial charge on any atom is 0.239 e. The molecule has 0 spiro atoms. The molecular formula is C15H19ClN2O2. The van der Waals surface area contributed by atoms with Gasteiger partial charge in [-0.3, -0.25) is 9.59 Å². The van der Waals surface area contributed by atoms with E-state index in [1.54, 1.807) is 17.0 Å². The fourth-order valence-electron chi connectivity index (χ4n) is 2.51. The summed E-state index contributed by atoms with van der Waals surface area (Å²) in [4.78, 5) is 25.7. The lowest BCUT2D eigenvalue weighted by molar-refractivity contribution is -0.140. The molecule has 1 N–H and O–H groups in total. The molecule has 5 heteroatoms. The van der Waals surface area contributed by atoms with Gasteiger partial charge in [0.05, 0.1) is 12.5 Å². The van der Waals surface area contributed by atoms with Crippen LogP contribution in [0.3, 0.4) is 0 Å². The van der Waals surface area contributed by atoms with Crippen LogP contribution < -0.4 is 5.32 Å². The zero-order chi connectivity index (χ0) is 14.7. The molecule has 1 saturated heterocycles. The molecule has 1 atom stereocenters. The van der Waals surface area contributed by atoms with Crippen molar-refractivity contribution in [3.8, 4) is 0 Å². The lowest BCUT2D eigenvalue weighted by Crippen LogP contribution is -2.51. The summed E-state index contributed by atoms with van der Waals surface area (Å²) in [5.41, 5.74) is 0.945. The number of carbonyl (C=O) groups excluding carboxylic acids is 2. The summed E-state index contributed by atoms with van der Waals surface area (Å²) in [5, 5.41) is 3.39. The molecule has 4 nitrogen and oxygen atoms in total. The van der Waals surface area contributed by atoms with Crippen LogP contribution in [0.15, 0.2) is 24.3 Å². The second kappa shape index (κ2) is 6.27. The van der Waals surface area contributed by atoms with Crippen LogP contribution in [0.4, 0.5) is 0 Å². The van der Waals surface area contributed by atoms with Gasteiger partial charge >= 0.3 is 0 Å². The van der Waals surface area contributed by atoms with Crippen molar-refractivity contribution in [1.29, 1.82) is 0 Å². The van der Waals surface area contributed by atoms with Gasteiger partial charge in [-0.1, -0.05) is 37.6 Å². The van der Waals surface area contributed by atoms with E-state index >= 15 is 0 Å². The van der Waals surface area contributed by atoms with E-state index in [4.69, 9.17) is 11.6 Å². The molecule has 0 aromatic heterocycles. The van der Waals surface area contributed by atoms with Crippen LogP contribution in [0.2, 0.25) is 5.02 Å². The van der Waals surface area contributed by atoms with Gasteiger partial charge in [0, 0.05) is 18.1 Å². The Morgan fingerprint density at radius 1 is 1.30 bits per heavy atom. The van der Waals surface area contributed by atoms with E-state index in [1.165, 1.54) is 0 Å². The molecular weight excluding hydrogens is 276 g/mol. The zero-order valence-corrected chi connectivity index (χ0v) is 12.5. The van der Waals surface area contributed by atoms with Gasteiger partial charge in [0.15, 0.2) is 0 Å². The molecule has 1 aliphatic heterocycles. The molecule has 1 aliphatic rings. The minimum absolute atomic E-state index is 0.0113. The van der Waals surface area contributed by atoms with E-state index in [0.717, 1.165) is 5.56 Å². The molecule has 2 amide bonds. The van der Waals surface area contributed by atoms with E-state index in [-0.39, 0.29) is 30.2 Å². The molecule has 0 unspecified atom stereocenters. The number of halogens is 1. The monoisotopic (exact) mass is 294 g/mol. The molecule has 20 heavy (non-hydrogen) atoms. The van der Waals surface area contributed by atoms with E-state index in [0.29, 0.717) is 18.1 Å². The smallest absolute Gasteiger partial charge is 0.239 e. The third-order valence-electron chi connectivity index (χ3n) is 3.51. The first kappa shape index (κ1) is 14.9. The highest BCUT2D eigenvalue weighted by atomic mass is 35.5. The third kappa shape index (κ3) is 3.31. The number of carbonyl (C=O) groups is 2. The van der Waals surface area contributed by atoms with Crippen LogP contribution in [0.25, 0.3) is 0 Å². The first-order valence-corrected chi connectivity index (χ1v) is 7.18. The average Bonchev–Trinajstić information content (AvgIpc) is 2.41. The fraction of sp³-hybridized carbons (Fsp3) is 0.467. The Hall–Kier alpha value is -1.55. The lowest BCUT2D eigenvalue weighted by Gasteiger charge is -2.32. The largest absolute Gasteiger partial charge is 0.353 e. The Balaban J connectivity index is 2.21. The standard InChI is InChI=1S/C15H19ClN2O2/c1-10(2)14(11-3-5-12(16)6-4-11)15(20)18-8-7-17-13(19)9-18/h3-6,10,14H,7-9H2,1-2H3,(H,17,19)/t14-/m1/s1. The number of amides is 2. The Labute approximate surface area is 124 Å². The molecule has 0 radical (unpaired) electrons. The summed E-state index contributed by atoms with van der Waals surface area (Å²) in [5.74, 6) is -0.160. The number of nitrogens with one attached hydrogen (secondary N) is 1. The van der Waals surface area contributed by atoms with Crippen LogP contribution >= 0.6 is 11.6 Å². The highest BCUT2D eigenvalue weighted by Gasteiger charge is 2.30. The fourth-order valence-corrected chi connectivity index (χ4v) is 2.63. The van der Waals surface area contributed by atoms with E-state index < -0.39 is 0 Å². The van der Waals surface area contributed by atoms with Crippen LogP contribution in [0, 0.1) is 5.92 Å². The van der Waals surface area contributed by atoms with Crippen molar-refractivity contribution < 1.29 is 9.59 Å². The van der Waals surface area contributed by atoms with Gasteiger partial charge in [-0.2, -0.15) is 0 Å². The number of hydrogen-bond acceptors (Lipinski definition) is 2. The van der Waals surface area contributed by atoms with Gasteiger partial charge in [-0.15, -0.1) is 0 Å². The highest BCUT2D eigenvalue weighted by Crippen LogP contribution is 2.28. The maximum atomic E-state index is 12.7. The van der Waals surface area contributed by atoms with Crippen molar-refractivity contribution in [1.82, 2.24) is 10.2 Å². The van der Waals surface area contributed by atoms with Gasteiger partial charge in [0.2, 0.25) is 11.8 Å². The molecule has 1 aromatic carbocycles. The first-order valence-electron chi connectivity index (χ1n) is 6.80. The highest BCUT2D eigenvalue weighted by molar-refractivity contribution is 6.30. The van der Waals surface area contributed by atoms with Crippen LogP contribution in [-0.2, 0) is 9.59 Å². The predicted octanol–water partition coefficient (Wildman–Crippen LogP) is 2.04. The number of piperazine rings is 1. The molecule has 0 bridgehead atoms. The predicted molar refractivity (Wildman–Crippen MR) is 78.6 cm³/mol. The summed E-state index contributed by atoms with van der Waals surface area (Å²) in [7, 11) is 0. The van der Waals surface area contributed by atoms with Gasteiger partial charge < -0.3 is 10.2 Å². The van der Waals surface area contributed by atoms with Gasteiger partial charge in [-0.05, 0) is 23.6 Å². The molecule has 0 saturated carbocycles. The van der Waals surface area contributed by atoms with E-state index in [1.807, 2.05) is 26.0 Å². The third-order valence-corrected chi connectivity index (χ3v) is 3.76. The maximum absolute atomic E-state index is 12.7. The zero-order valence-electron chi connectivity index (χ0n) is 11.7. The minimum atomic E-state index is -0.238. The minimum Gasteiger partial charge on any atom is -0.353 e. The van der Waals surface area contributed by atoms with E-state index in [2.05, 4.69) is 5.32 Å². The molecule has 1 fully saturated rings. The van der Waals surface area contributed by atoms with Gasteiger partial charge in [0.25, 0.3) is 0 Å². The molecule has 1 aromatic rings. The van der Waals surface area contributed by atoms with Gasteiger partial charge in [0.1, 0.15) is 0 Å². The lowest BCUT2D eigenvalue weighted by atomic mass is 9.87. The molecule has 2 rings (SSSR count). The molecule has 0 aliphatic carbocycles. The molecule has 108 valence electrons. The van der Waals surface area contributed by atoms with E-state index in [9.17, 15) is 9.59 Å². The van der Waals surface area contributed by atoms with Crippen molar-refractivity contribution in [2.75, 3.05) is 19.6 Å². The van der Waals surface area contributed by atoms with Crippen molar-refractivity contribution in [2.24, 2.45) is 5.92 Å². The van der Waals surface area contributed by atoms with Gasteiger partial charge in [-0.25, -0.2) is 0 Å². The van der Waals surface area contributed by atoms with Crippen molar-refractivity contribution in [3.63, 3.8) is 0 Å². The first-order chi connectivity index (χ1) is 9.49. The summed E-state index contributed by atoms with van der Waals surface area (Å²) in [6.07, 6.45) is 0. The summed E-state index contributed by atoms with van der Waals surface area (Å²) < 4.78 is 0. The van der Waals surface area contributed by atoms with Crippen LogP contribution in [0.5, 0.6) is 0 Å². The Kier molecular flexibility index (Phi) is 4.65. The average molecular weight is 295 g/mol. The second-order valence-corrected chi connectivity index (χ2v) is 5.82. The Morgan fingerprint density at radius 2 is 1.95 bits per heavy atom. The van der Waals surface area contributed by atoms with Crippen molar-refractivity contribution in [3.05, 3.63) is 34.9 Å². The van der Waals surface area contributed by atoms with Crippen molar-refractivity contribution >= 4 is 23.4 Å². The summed E-state index contributed by atoms with van der Waals surface area (Å²) in [6.45, 7) is 5.27. The SMILES string of the molecule is CC(C)[C@@H](C(=O)N1CCNC(=O)C1)c1ccc(Cl)cc1. The second-order valence-electron chi connectivity index (χ2n) is 5.38. The van der Waals surface area contributed by atoms with Crippen LogP contribution in [-0.4, -0.2) is 36.3 Å². The van der Waals surface area contributed by atoms with Crippen LogP contribution in [0.1, 0.15) is 25.3 Å². The number of benzene rings is 1. The quantitative estimate of drug-likeness (QED) is 0.927. The van der Waals surface area contributed by atoms with Crippen molar-refractivity contribution in [2.45, 2.75) is 19.8 Å². The molecule has 1 heterocycles.